The van der Waals surface area contributed by atoms with Gasteiger partial charge >= 0.3 is 0 Å². The Kier molecular flexibility index (Phi) is 5.80. The Morgan fingerprint density at radius 1 is 1.43 bits per heavy atom. The van der Waals surface area contributed by atoms with E-state index in [0.717, 1.165) is 21.2 Å². The molecule has 2 aromatic heterocycles. The Morgan fingerprint density at radius 2 is 2.19 bits per heavy atom. The van der Waals surface area contributed by atoms with E-state index in [1.807, 2.05) is 13.2 Å². The highest BCUT2D eigenvalue weighted by molar-refractivity contribution is 7.98. The topological polar surface area (TPSA) is 68.0 Å². The molecule has 1 atom stereocenters. The molecule has 3 N–H and O–H groups in total. The molecular formula is C14H19N3OS3. The van der Waals surface area contributed by atoms with Crippen molar-refractivity contribution in [3.8, 4) is 10.6 Å². The van der Waals surface area contributed by atoms with Crippen LogP contribution in [0.1, 0.15) is 16.2 Å². The number of amides is 1. The third kappa shape index (κ3) is 4.29. The zero-order chi connectivity index (χ0) is 15.4. The van der Waals surface area contributed by atoms with Gasteiger partial charge in [0.1, 0.15) is 0 Å². The fourth-order valence-corrected chi connectivity index (χ4v) is 4.11. The lowest BCUT2D eigenvalue weighted by molar-refractivity contribution is -0.117. The summed E-state index contributed by atoms with van der Waals surface area (Å²) >= 11 is 4.89. The first kappa shape index (κ1) is 16.5. The zero-order valence-electron chi connectivity index (χ0n) is 12.3. The minimum atomic E-state index is -0.478. The Labute approximate surface area is 137 Å². The summed E-state index contributed by atoms with van der Waals surface area (Å²) in [5, 5.41) is 3.45. The Balaban J connectivity index is 2.07. The molecule has 0 unspecified atom stereocenters. The Bertz CT molecular complexity index is 621. The minimum Gasteiger partial charge on any atom is -0.320 e. The van der Waals surface area contributed by atoms with Gasteiger partial charge in [-0.1, -0.05) is 0 Å². The van der Waals surface area contributed by atoms with Gasteiger partial charge in [-0.15, -0.1) is 22.7 Å². The number of thiophene rings is 1. The van der Waals surface area contributed by atoms with Crippen molar-refractivity contribution < 1.29 is 4.79 Å². The number of aromatic nitrogens is 1. The molecule has 2 heterocycles. The van der Waals surface area contributed by atoms with Crippen molar-refractivity contribution in [2.45, 2.75) is 26.3 Å². The maximum Gasteiger partial charge on any atom is 0.243 e. The predicted octanol–water partition coefficient (Wildman–Crippen LogP) is 3.51. The number of rotatable bonds is 6. The molecule has 0 saturated heterocycles. The fraction of sp³-hybridized carbons (Fsp3) is 0.429. The van der Waals surface area contributed by atoms with Crippen molar-refractivity contribution in [2.75, 3.05) is 17.3 Å². The van der Waals surface area contributed by atoms with Gasteiger partial charge in [-0.3, -0.25) is 4.79 Å². The predicted molar refractivity (Wildman–Crippen MR) is 94.5 cm³/mol. The summed E-state index contributed by atoms with van der Waals surface area (Å²) in [5.41, 5.74) is 6.81. The second kappa shape index (κ2) is 7.40. The molecule has 0 aliphatic rings. The molecule has 2 rings (SSSR count). The van der Waals surface area contributed by atoms with Crippen LogP contribution in [0.3, 0.4) is 0 Å². The number of nitrogens with two attached hydrogens (primary N) is 1. The first-order chi connectivity index (χ1) is 10.0. The van der Waals surface area contributed by atoms with Crippen LogP contribution in [0.2, 0.25) is 0 Å². The van der Waals surface area contributed by atoms with E-state index in [-0.39, 0.29) is 5.91 Å². The van der Waals surface area contributed by atoms with Gasteiger partial charge in [0.25, 0.3) is 0 Å². The standard InChI is InChI=1S/C14H19N3OS3/c1-8-4-5-11(20-8)12-9(2)21-14(16-12)17-13(18)10(15)6-7-19-3/h4-5,10H,6-7,15H2,1-3H3,(H,16,17,18)/t10-/m0/s1. The molecule has 0 fully saturated rings. The molecule has 7 heteroatoms. The Hall–Kier alpha value is -0.890. The molecule has 0 bridgehead atoms. The number of nitrogens with one attached hydrogen (secondary N) is 1. The largest absolute Gasteiger partial charge is 0.320 e. The first-order valence-corrected chi connectivity index (χ1v) is 9.63. The highest BCUT2D eigenvalue weighted by atomic mass is 32.2. The lowest BCUT2D eigenvalue weighted by Gasteiger charge is -2.09. The zero-order valence-corrected chi connectivity index (χ0v) is 14.8. The minimum absolute atomic E-state index is 0.160. The van der Waals surface area contributed by atoms with Crippen LogP contribution in [-0.4, -0.2) is 28.9 Å². The number of anilines is 1. The van der Waals surface area contributed by atoms with Crippen LogP contribution >= 0.6 is 34.4 Å². The van der Waals surface area contributed by atoms with Crippen molar-refractivity contribution in [2.24, 2.45) is 5.73 Å². The molecule has 0 aliphatic heterocycles. The molecule has 0 radical (unpaired) electrons. The molecule has 0 spiro atoms. The van der Waals surface area contributed by atoms with Crippen molar-refractivity contribution in [1.29, 1.82) is 0 Å². The van der Waals surface area contributed by atoms with Crippen LogP contribution in [0.15, 0.2) is 12.1 Å². The number of hydrogen-bond acceptors (Lipinski definition) is 6. The maximum absolute atomic E-state index is 12.0. The Morgan fingerprint density at radius 3 is 2.81 bits per heavy atom. The van der Waals surface area contributed by atoms with Crippen LogP contribution in [-0.2, 0) is 4.79 Å². The third-order valence-electron chi connectivity index (χ3n) is 2.97. The van der Waals surface area contributed by atoms with Crippen molar-refractivity contribution in [3.63, 3.8) is 0 Å². The molecule has 0 saturated carbocycles. The van der Waals surface area contributed by atoms with Crippen LogP contribution in [0.25, 0.3) is 10.6 Å². The van der Waals surface area contributed by atoms with Gasteiger partial charge in [-0.05, 0) is 44.4 Å². The second-order valence-corrected chi connectivity index (χ2v) is 8.19. The number of aryl methyl sites for hydroxylation is 2. The van der Waals surface area contributed by atoms with E-state index in [9.17, 15) is 4.79 Å². The lowest BCUT2D eigenvalue weighted by atomic mass is 10.2. The average Bonchev–Trinajstić information content (AvgIpc) is 3.02. The number of carbonyl (C=O) groups excluding carboxylic acids is 1. The quantitative estimate of drug-likeness (QED) is 0.844. The van der Waals surface area contributed by atoms with E-state index in [2.05, 4.69) is 29.4 Å². The molecule has 114 valence electrons. The molecule has 21 heavy (non-hydrogen) atoms. The van der Waals surface area contributed by atoms with E-state index < -0.39 is 6.04 Å². The SMILES string of the molecule is CSCC[C@H](N)C(=O)Nc1nc(-c2ccc(C)s2)c(C)s1. The van der Waals surface area contributed by atoms with E-state index >= 15 is 0 Å². The normalized spacial score (nSPS) is 12.4. The lowest BCUT2D eigenvalue weighted by Crippen LogP contribution is -2.36. The summed E-state index contributed by atoms with van der Waals surface area (Å²) < 4.78 is 0. The van der Waals surface area contributed by atoms with Gasteiger partial charge in [-0.25, -0.2) is 4.98 Å². The number of thiazole rings is 1. The van der Waals surface area contributed by atoms with Gasteiger partial charge in [0, 0.05) is 9.75 Å². The molecular weight excluding hydrogens is 322 g/mol. The van der Waals surface area contributed by atoms with Crippen molar-refractivity contribution >= 4 is 45.5 Å². The van der Waals surface area contributed by atoms with Crippen molar-refractivity contribution in [3.05, 3.63) is 21.9 Å². The van der Waals surface area contributed by atoms with Crippen LogP contribution in [0.5, 0.6) is 0 Å². The smallest absolute Gasteiger partial charge is 0.243 e. The maximum atomic E-state index is 12.0. The van der Waals surface area contributed by atoms with Gasteiger partial charge in [0.05, 0.1) is 16.6 Å². The highest BCUT2D eigenvalue weighted by Gasteiger charge is 2.17. The molecule has 0 aromatic carbocycles. The number of thioether (sulfide) groups is 1. The van der Waals surface area contributed by atoms with Crippen molar-refractivity contribution in [1.82, 2.24) is 4.98 Å². The summed E-state index contributed by atoms with van der Waals surface area (Å²) in [6, 6.07) is 3.67. The summed E-state index contributed by atoms with van der Waals surface area (Å²) in [6.45, 7) is 4.09. The summed E-state index contributed by atoms with van der Waals surface area (Å²) in [4.78, 5) is 20.0. The van der Waals surface area contributed by atoms with Crippen LogP contribution in [0.4, 0.5) is 5.13 Å². The molecule has 0 aliphatic carbocycles. The first-order valence-electron chi connectivity index (χ1n) is 6.61. The van der Waals surface area contributed by atoms with Crippen LogP contribution in [0, 0.1) is 13.8 Å². The average molecular weight is 342 g/mol. The van der Waals surface area contributed by atoms with Gasteiger partial charge in [-0.2, -0.15) is 11.8 Å². The fourth-order valence-electron chi connectivity index (χ4n) is 1.81. The van der Waals surface area contributed by atoms with Gasteiger partial charge in [0.15, 0.2) is 5.13 Å². The molecule has 2 aromatic rings. The monoisotopic (exact) mass is 341 g/mol. The highest BCUT2D eigenvalue weighted by Crippen LogP contribution is 2.34. The summed E-state index contributed by atoms with van der Waals surface area (Å²) in [5.74, 6) is 0.720. The van der Waals surface area contributed by atoms with Gasteiger partial charge in [0.2, 0.25) is 5.91 Å². The van der Waals surface area contributed by atoms with Crippen LogP contribution < -0.4 is 11.1 Å². The number of hydrogen-bond donors (Lipinski definition) is 2. The van der Waals surface area contributed by atoms with E-state index in [0.29, 0.717) is 11.6 Å². The van der Waals surface area contributed by atoms with E-state index in [1.54, 1.807) is 23.1 Å². The van der Waals surface area contributed by atoms with E-state index in [1.165, 1.54) is 16.2 Å². The number of nitrogens with zero attached hydrogens (tertiary/aromatic N) is 1. The molecule has 4 nitrogen and oxygen atoms in total. The van der Waals surface area contributed by atoms with Gasteiger partial charge < -0.3 is 11.1 Å². The van der Waals surface area contributed by atoms with E-state index in [4.69, 9.17) is 5.73 Å². The second-order valence-electron chi connectivity index (χ2n) is 4.71. The third-order valence-corrected chi connectivity index (χ3v) is 5.51. The number of carbonyl (C=O) groups is 1. The summed E-state index contributed by atoms with van der Waals surface area (Å²) in [7, 11) is 0. The summed E-state index contributed by atoms with van der Waals surface area (Å²) in [6.07, 6.45) is 2.68. The molecule has 1 amide bonds.